The van der Waals surface area contributed by atoms with Crippen molar-refractivity contribution in [3.05, 3.63) is 52.5 Å². The van der Waals surface area contributed by atoms with Gasteiger partial charge in [0.2, 0.25) is 0 Å². The Morgan fingerprint density at radius 1 is 1.09 bits per heavy atom. The molecule has 1 amide bonds. The zero-order valence-electron chi connectivity index (χ0n) is 18.8. The van der Waals surface area contributed by atoms with Crippen LogP contribution in [-0.4, -0.2) is 30.5 Å². The first-order valence-corrected chi connectivity index (χ1v) is 12.6. The number of nitrogens with zero attached hydrogens (tertiary/aromatic N) is 2. The standard InChI is InChI=1S/C26H32N4OS/c1-18-4-9-21-22(27)23(32-25(21)29-18)24(31)28-15-10-19-5-7-20(8-6-19)30-16-13-26(14-17-30)11-2-3-12-26/h4-9H,2-3,10-17,27H2,1H3,(H,28,31). The summed E-state index contributed by atoms with van der Waals surface area (Å²) in [4.78, 5) is 21.1. The van der Waals surface area contributed by atoms with Gasteiger partial charge in [-0.25, -0.2) is 4.98 Å². The monoisotopic (exact) mass is 448 g/mol. The van der Waals surface area contributed by atoms with Gasteiger partial charge in [0.1, 0.15) is 9.71 Å². The van der Waals surface area contributed by atoms with Crippen LogP contribution in [0.3, 0.4) is 0 Å². The average Bonchev–Trinajstić information content (AvgIpc) is 3.39. The molecule has 0 atom stereocenters. The molecule has 1 spiro atoms. The van der Waals surface area contributed by atoms with Crippen LogP contribution in [0.1, 0.15) is 59.5 Å². The van der Waals surface area contributed by atoms with Crippen LogP contribution in [0.25, 0.3) is 10.2 Å². The van der Waals surface area contributed by atoms with Gasteiger partial charge in [-0.2, -0.15) is 0 Å². The number of nitrogen functional groups attached to an aromatic ring is 1. The van der Waals surface area contributed by atoms with Crippen molar-refractivity contribution < 1.29 is 4.79 Å². The molecule has 1 saturated carbocycles. The van der Waals surface area contributed by atoms with E-state index in [1.807, 2.05) is 19.1 Å². The minimum Gasteiger partial charge on any atom is -0.397 e. The highest BCUT2D eigenvalue weighted by Crippen LogP contribution is 2.46. The van der Waals surface area contributed by atoms with Gasteiger partial charge in [0.15, 0.2) is 0 Å². The van der Waals surface area contributed by atoms with Gasteiger partial charge in [-0.3, -0.25) is 4.79 Å². The SMILES string of the molecule is Cc1ccc2c(N)c(C(=O)NCCc3ccc(N4CCC5(CCCC5)CC4)cc3)sc2n1. The fourth-order valence-electron chi connectivity index (χ4n) is 5.40. The molecule has 5 nitrogen and oxygen atoms in total. The second-order valence-corrected chi connectivity index (χ2v) is 10.5. The Morgan fingerprint density at radius 2 is 1.81 bits per heavy atom. The van der Waals surface area contributed by atoms with Crippen LogP contribution < -0.4 is 16.0 Å². The van der Waals surface area contributed by atoms with Crippen LogP contribution in [-0.2, 0) is 6.42 Å². The largest absolute Gasteiger partial charge is 0.397 e. The molecule has 32 heavy (non-hydrogen) atoms. The highest BCUT2D eigenvalue weighted by molar-refractivity contribution is 7.21. The molecule has 3 heterocycles. The second-order valence-electron chi connectivity index (χ2n) is 9.52. The van der Waals surface area contributed by atoms with Crippen molar-refractivity contribution in [2.45, 2.75) is 51.9 Å². The molecule has 2 aliphatic rings. The Balaban J connectivity index is 1.14. The second kappa shape index (κ2) is 8.74. The lowest BCUT2D eigenvalue weighted by molar-refractivity contribution is 0.0959. The highest BCUT2D eigenvalue weighted by atomic mass is 32.1. The van der Waals surface area contributed by atoms with Crippen molar-refractivity contribution in [2.24, 2.45) is 5.41 Å². The van der Waals surface area contributed by atoms with E-state index in [1.54, 1.807) is 0 Å². The van der Waals surface area contributed by atoms with E-state index in [-0.39, 0.29) is 5.91 Å². The number of nitrogens with one attached hydrogen (secondary N) is 1. The first-order valence-electron chi connectivity index (χ1n) is 11.8. The van der Waals surface area contributed by atoms with Crippen LogP contribution in [0.4, 0.5) is 11.4 Å². The summed E-state index contributed by atoms with van der Waals surface area (Å²) >= 11 is 1.36. The molecule has 1 aliphatic carbocycles. The molecule has 3 N–H and O–H groups in total. The van der Waals surface area contributed by atoms with E-state index in [0.29, 0.717) is 22.5 Å². The Labute approximate surface area is 194 Å². The molecule has 6 heteroatoms. The summed E-state index contributed by atoms with van der Waals surface area (Å²) in [6.45, 7) is 4.89. The zero-order valence-corrected chi connectivity index (χ0v) is 19.6. The molecule has 0 unspecified atom stereocenters. The Morgan fingerprint density at radius 3 is 2.53 bits per heavy atom. The third-order valence-electron chi connectivity index (χ3n) is 7.43. The van der Waals surface area contributed by atoms with Crippen LogP contribution in [0.15, 0.2) is 36.4 Å². The van der Waals surface area contributed by atoms with E-state index in [4.69, 9.17) is 5.73 Å². The summed E-state index contributed by atoms with van der Waals surface area (Å²) in [5.41, 5.74) is 10.9. The number of rotatable bonds is 5. The van der Waals surface area contributed by atoms with Crippen LogP contribution in [0, 0.1) is 12.3 Å². The highest BCUT2D eigenvalue weighted by Gasteiger charge is 2.36. The number of nitrogens with two attached hydrogens (primary N) is 1. The number of fused-ring (bicyclic) bond motifs is 1. The number of amides is 1. The molecule has 1 aliphatic heterocycles. The fourth-order valence-corrected chi connectivity index (χ4v) is 6.45. The molecule has 0 radical (unpaired) electrons. The quantitative estimate of drug-likeness (QED) is 0.554. The molecule has 1 aromatic carbocycles. The maximum absolute atomic E-state index is 12.7. The molecule has 3 aromatic rings. The molecule has 168 valence electrons. The van der Waals surface area contributed by atoms with Crippen LogP contribution in [0.5, 0.6) is 0 Å². The van der Waals surface area contributed by atoms with E-state index in [1.165, 1.54) is 74.2 Å². The van der Waals surface area contributed by atoms with Crippen molar-refractivity contribution in [3.63, 3.8) is 0 Å². The van der Waals surface area contributed by atoms with E-state index >= 15 is 0 Å². The number of aryl methyl sites for hydroxylation is 1. The van der Waals surface area contributed by atoms with Crippen LogP contribution >= 0.6 is 11.3 Å². The minimum absolute atomic E-state index is 0.117. The predicted molar refractivity (Wildman–Crippen MR) is 134 cm³/mol. The van der Waals surface area contributed by atoms with Gasteiger partial charge >= 0.3 is 0 Å². The maximum Gasteiger partial charge on any atom is 0.263 e. The number of piperidine rings is 1. The number of benzene rings is 1. The van der Waals surface area contributed by atoms with Crippen molar-refractivity contribution >= 4 is 38.8 Å². The van der Waals surface area contributed by atoms with E-state index in [9.17, 15) is 4.79 Å². The summed E-state index contributed by atoms with van der Waals surface area (Å²) in [6.07, 6.45) is 9.23. The van der Waals surface area contributed by atoms with Crippen molar-refractivity contribution in [2.75, 3.05) is 30.3 Å². The molecular formula is C26H32N4OS. The lowest BCUT2D eigenvalue weighted by Gasteiger charge is -2.40. The van der Waals surface area contributed by atoms with E-state index in [0.717, 1.165) is 22.3 Å². The van der Waals surface area contributed by atoms with Crippen molar-refractivity contribution in [1.29, 1.82) is 0 Å². The molecule has 2 fully saturated rings. The summed E-state index contributed by atoms with van der Waals surface area (Å²) in [6, 6.07) is 12.7. The number of carbonyl (C=O) groups is 1. The maximum atomic E-state index is 12.7. The van der Waals surface area contributed by atoms with Gasteiger partial charge in [0, 0.05) is 36.4 Å². The van der Waals surface area contributed by atoms with Gasteiger partial charge in [0.25, 0.3) is 5.91 Å². The molecule has 5 rings (SSSR count). The first-order chi connectivity index (χ1) is 15.5. The number of anilines is 2. The zero-order chi connectivity index (χ0) is 22.1. The van der Waals surface area contributed by atoms with Gasteiger partial charge < -0.3 is 16.0 Å². The third kappa shape index (κ3) is 4.20. The Bertz CT molecular complexity index is 1100. The van der Waals surface area contributed by atoms with Crippen LogP contribution in [0.2, 0.25) is 0 Å². The minimum atomic E-state index is -0.117. The smallest absolute Gasteiger partial charge is 0.263 e. The number of carbonyl (C=O) groups excluding carboxylic acids is 1. The summed E-state index contributed by atoms with van der Waals surface area (Å²) in [5.74, 6) is -0.117. The molecule has 0 bridgehead atoms. The number of aromatic nitrogens is 1. The lowest BCUT2D eigenvalue weighted by Crippen LogP contribution is -2.38. The normalized spacial score (nSPS) is 17.8. The summed E-state index contributed by atoms with van der Waals surface area (Å²) in [7, 11) is 0. The summed E-state index contributed by atoms with van der Waals surface area (Å²) in [5, 5.41) is 3.88. The molecule has 1 saturated heterocycles. The lowest BCUT2D eigenvalue weighted by atomic mass is 9.77. The van der Waals surface area contributed by atoms with Gasteiger partial charge in [0.05, 0.1) is 5.69 Å². The Hall–Kier alpha value is -2.60. The van der Waals surface area contributed by atoms with E-state index in [2.05, 4.69) is 39.5 Å². The number of thiophene rings is 1. The third-order valence-corrected chi connectivity index (χ3v) is 8.54. The average molecular weight is 449 g/mol. The summed E-state index contributed by atoms with van der Waals surface area (Å²) < 4.78 is 0. The number of hydrogen-bond donors (Lipinski definition) is 2. The van der Waals surface area contributed by atoms with Gasteiger partial charge in [-0.15, -0.1) is 11.3 Å². The topological polar surface area (TPSA) is 71.2 Å². The van der Waals surface area contributed by atoms with Crippen molar-refractivity contribution in [1.82, 2.24) is 10.3 Å². The number of hydrogen-bond acceptors (Lipinski definition) is 5. The molecule has 2 aromatic heterocycles. The van der Waals surface area contributed by atoms with E-state index < -0.39 is 0 Å². The number of pyridine rings is 1. The Kier molecular flexibility index (Phi) is 5.80. The van der Waals surface area contributed by atoms with Gasteiger partial charge in [-0.05, 0) is 74.3 Å². The van der Waals surface area contributed by atoms with Gasteiger partial charge in [-0.1, -0.05) is 25.0 Å². The first kappa shape index (κ1) is 21.3. The van der Waals surface area contributed by atoms with Crippen molar-refractivity contribution in [3.8, 4) is 0 Å². The molecular weight excluding hydrogens is 416 g/mol. The predicted octanol–water partition coefficient (Wildman–Crippen LogP) is 5.32. The fraction of sp³-hybridized carbons (Fsp3) is 0.462.